The van der Waals surface area contributed by atoms with Crippen molar-refractivity contribution in [1.29, 1.82) is 0 Å². The van der Waals surface area contributed by atoms with E-state index < -0.39 is 6.03 Å². The lowest BCUT2D eigenvalue weighted by Gasteiger charge is -2.06. The third-order valence-electron chi connectivity index (χ3n) is 2.40. The lowest BCUT2D eigenvalue weighted by atomic mass is 10.0. The quantitative estimate of drug-likeness (QED) is 0.822. The van der Waals surface area contributed by atoms with Crippen LogP contribution in [0, 0.1) is 0 Å². The molecule has 0 fully saturated rings. The highest BCUT2D eigenvalue weighted by atomic mass is 32.2. The summed E-state index contributed by atoms with van der Waals surface area (Å²) in [6.07, 6.45) is 0. The molecule has 5 heteroatoms. The minimum absolute atomic E-state index is 0.231. The van der Waals surface area contributed by atoms with Gasteiger partial charge in [0.2, 0.25) is 5.91 Å². The van der Waals surface area contributed by atoms with Crippen molar-refractivity contribution in [2.45, 2.75) is 24.7 Å². The normalized spacial score (nSPS) is 10.2. The van der Waals surface area contributed by atoms with E-state index in [1.807, 2.05) is 12.1 Å². The first-order valence-corrected chi connectivity index (χ1v) is 6.75. The number of nitrogens with one attached hydrogen (secondary N) is 2. The number of thioether (sulfide) groups is 1. The second-order valence-electron chi connectivity index (χ2n) is 4.14. The number of imide groups is 1. The molecule has 0 saturated carbocycles. The van der Waals surface area contributed by atoms with Crippen LogP contribution in [0.15, 0.2) is 29.2 Å². The summed E-state index contributed by atoms with van der Waals surface area (Å²) in [6.45, 7) is 4.28. The van der Waals surface area contributed by atoms with Crippen LogP contribution in [-0.4, -0.2) is 24.7 Å². The van der Waals surface area contributed by atoms with Gasteiger partial charge in [0.1, 0.15) is 0 Å². The van der Waals surface area contributed by atoms with Crippen LogP contribution >= 0.6 is 11.8 Å². The van der Waals surface area contributed by atoms with Gasteiger partial charge < -0.3 is 5.32 Å². The van der Waals surface area contributed by atoms with E-state index in [4.69, 9.17) is 0 Å². The molecule has 1 rings (SSSR count). The molecule has 18 heavy (non-hydrogen) atoms. The fourth-order valence-corrected chi connectivity index (χ4v) is 2.02. The lowest BCUT2D eigenvalue weighted by Crippen LogP contribution is -2.38. The van der Waals surface area contributed by atoms with Crippen LogP contribution in [0.5, 0.6) is 0 Å². The molecule has 98 valence electrons. The number of amides is 3. The summed E-state index contributed by atoms with van der Waals surface area (Å²) in [6, 6.07) is 7.63. The monoisotopic (exact) mass is 266 g/mol. The number of urea groups is 1. The van der Waals surface area contributed by atoms with Gasteiger partial charge >= 0.3 is 6.03 Å². The number of benzene rings is 1. The van der Waals surface area contributed by atoms with E-state index in [1.165, 1.54) is 24.4 Å². The first kappa shape index (κ1) is 14.6. The molecule has 0 heterocycles. The Bertz CT molecular complexity index is 416. The summed E-state index contributed by atoms with van der Waals surface area (Å²) < 4.78 is 0. The van der Waals surface area contributed by atoms with Crippen molar-refractivity contribution < 1.29 is 9.59 Å². The van der Waals surface area contributed by atoms with Crippen molar-refractivity contribution in [2.75, 3.05) is 12.8 Å². The molecule has 0 aliphatic heterocycles. The van der Waals surface area contributed by atoms with Gasteiger partial charge in [0, 0.05) is 11.9 Å². The zero-order valence-electron chi connectivity index (χ0n) is 10.8. The van der Waals surface area contributed by atoms with E-state index in [9.17, 15) is 9.59 Å². The highest BCUT2D eigenvalue weighted by Crippen LogP contribution is 2.21. The minimum atomic E-state index is -0.476. The summed E-state index contributed by atoms with van der Waals surface area (Å²) in [5, 5.41) is 4.55. The van der Waals surface area contributed by atoms with Crippen LogP contribution in [0.3, 0.4) is 0 Å². The first-order valence-electron chi connectivity index (χ1n) is 5.77. The molecule has 0 atom stereocenters. The standard InChI is InChI=1S/C13H18N2O2S/c1-9(2)10-4-6-11(7-5-10)18-8-12(16)15-13(17)14-3/h4-7,9H,8H2,1-3H3,(H2,14,15,16,17). The molecule has 1 aromatic carbocycles. The maximum absolute atomic E-state index is 11.4. The van der Waals surface area contributed by atoms with Crippen molar-refractivity contribution in [3.8, 4) is 0 Å². The van der Waals surface area contributed by atoms with Crippen LogP contribution in [0.2, 0.25) is 0 Å². The molecule has 1 aromatic rings. The predicted octanol–water partition coefficient (Wildman–Crippen LogP) is 2.36. The Kier molecular flexibility index (Phi) is 5.71. The Morgan fingerprint density at radius 3 is 2.33 bits per heavy atom. The molecule has 0 aliphatic carbocycles. The summed E-state index contributed by atoms with van der Waals surface area (Å²) in [5.41, 5.74) is 1.27. The molecule has 0 radical (unpaired) electrons. The van der Waals surface area contributed by atoms with Gasteiger partial charge in [-0.15, -0.1) is 11.8 Å². The Hall–Kier alpha value is -1.49. The van der Waals surface area contributed by atoms with Gasteiger partial charge in [0.25, 0.3) is 0 Å². The molecule has 0 aromatic heterocycles. The fraction of sp³-hybridized carbons (Fsp3) is 0.385. The first-order chi connectivity index (χ1) is 8.52. The summed E-state index contributed by atoms with van der Waals surface area (Å²) in [7, 11) is 1.47. The van der Waals surface area contributed by atoms with Crippen LogP contribution < -0.4 is 10.6 Å². The molecule has 4 nitrogen and oxygen atoms in total. The van der Waals surface area contributed by atoms with Gasteiger partial charge in [0.05, 0.1) is 5.75 Å². The van der Waals surface area contributed by atoms with Crippen LogP contribution in [0.25, 0.3) is 0 Å². The summed E-state index contributed by atoms with van der Waals surface area (Å²) >= 11 is 1.41. The zero-order valence-corrected chi connectivity index (χ0v) is 11.6. The van der Waals surface area contributed by atoms with Gasteiger partial charge in [-0.3, -0.25) is 10.1 Å². The smallest absolute Gasteiger partial charge is 0.321 e. The maximum Gasteiger partial charge on any atom is 0.321 e. The third-order valence-corrected chi connectivity index (χ3v) is 3.41. The highest BCUT2D eigenvalue weighted by Gasteiger charge is 2.06. The molecule has 0 aliphatic rings. The molecule has 0 unspecified atom stereocenters. The maximum atomic E-state index is 11.4. The second kappa shape index (κ2) is 7.06. The Labute approximate surface area is 112 Å². The molecule has 2 N–H and O–H groups in total. The van der Waals surface area contributed by atoms with Crippen molar-refractivity contribution >= 4 is 23.7 Å². The van der Waals surface area contributed by atoms with E-state index >= 15 is 0 Å². The van der Waals surface area contributed by atoms with Crippen molar-refractivity contribution in [1.82, 2.24) is 10.6 Å². The van der Waals surface area contributed by atoms with Crippen LogP contribution in [0.4, 0.5) is 4.79 Å². The van der Waals surface area contributed by atoms with Crippen molar-refractivity contribution in [2.24, 2.45) is 0 Å². The van der Waals surface area contributed by atoms with Gasteiger partial charge in [-0.2, -0.15) is 0 Å². The highest BCUT2D eigenvalue weighted by molar-refractivity contribution is 8.00. The Morgan fingerprint density at radius 1 is 1.22 bits per heavy atom. The van der Waals surface area contributed by atoms with Crippen molar-refractivity contribution in [3.05, 3.63) is 29.8 Å². The summed E-state index contributed by atoms with van der Waals surface area (Å²) in [4.78, 5) is 23.3. The van der Waals surface area contributed by atoms with E-state index in [0.29, 0.717) is 5.92 Å². The lowest BCUT2D eigenvalue weighted by molar-refractivity contribution is -0.117. The SMILES string of the molecule is CNC(=O)NC(=O)CSc1ccc(C(C)C)cc1. The average Bonchev–Trinajstić information content (AvgIpc) is 2.36. The van der Waals surface area contributed by atoms with E-state index in [1.54, 1.807) is 0 Å². The molecule has 3 amide bonds. The Morgan fingerprint density at radius 2 is 1.83 bits per heavy atom. The average molecular weight is 266 g/mol. The predicted molar refractivity (Wildman–Crippen MR) is 73.9 cm³/mol. The van der Waals surface area contributed by atoms with Gasteiger partial charge in [0.15, 0.2) is 0 Å². The molecular weight excluding hydrogens is 248 g/mol. The number of rotatable bonds is 4. The zero-order chi connectivity index (χ0) is 13.5. The van der Waals surface area contributed by atoms with Gasteiger partial charge in [-0.25, -0.2) is 4.79 Å². The molecule has 0 spiro atoms. The molecule has 0 bridgehead atoms. The van der Waals surface area contributed by atoms with Gasteiger partial charge in [-0.1, -0.05) is 26.0 Å². The van der Waals surface area contributed by atoms with E-state index in [2.05, 4.69) is 36.6 Å². The van der Waals surface area contributed by atoms with E-state index in [0.717, 1.165) is 4.90 Å². The Balaban J connectivity index is 2.44. The minimum Gasteiger partial charge on any atom is -0.341 e. The number of hydrogen-bond acceptors (Lipinski definition) is 3. The number of carbonyl (C=O) groups is 2. The van der Waals surface area contributed by atoms with E-state index in [-0.39, 0.29) is 11.7 Å². The largest absolute Gasteiger partial charge is 0.341 e. The summed E-state index contributed by atoms with van der Waals surface area (Å²) in [5.74, 6) is 0.432. The van der Waals surface area contributed by atoms with Gasteiger partial charge in [-0.05, 0) is 23.6 Å². The molecular formula is C13H18N2O2S. The van der Waals surface area contributed by atoms with Crippen LogP contribution in [0.1, 0.15) is 25.3 Å². The second-order valence-corrected chi connectivity index (χ2v) is 5.19. The molecule has 0 saturated heterocycles. The third kappa shape index (κ3) is 4.79. The number of hydrogen-bond donors (Lipinski definition) is 2. The number of carbonyl (C=O) groups excluding carboxylic acids is 2. The fourth-order valence-electron chi connectivity index (χ4n) is 1.32. The topological polar surface area (TPSA) is 58.2 Å². The van der Waals surface area contributed by atoms with Crippen molar-refractivity contribution in [3.63, 3.8) is 0 Å². The van der Waals surface area contributed by atoms with Crippen LogP contribution in [-0.2, 0) is 4.79 Å².